The van der Waals surface area contributed by atoms with E-state index < -0.39 is 6.36 Å². The van der Waals surface area contributed by atoms with E-state index in [9.17, 15) is 13.2 Å². The molecule has 27 heavy (non-hydrogen) atoms. The Hall–Kier alpha value is -2.21. The minimum Gasteiger partial charge on any atom is -0.489 e. The van der Waals surface area contributed by atoms with Crippen molar-refractivity contribution in [2.75, 3.05) is 19.7 Å². The third-order valence-electron chi connectivity index (χ3n) is 4.81. The number of piperidine rings is 1. The molecule has 0 aromatic heterocycles. The van der Waals surface area contributed by atoms with Gasteiger partial charge in [0.1, 0.15) is 0 Å². The Morgan fingerprint density at radius 1 is 1.00 bits per heavy atom. The third kappa shape index (κ3) is 5.39. The van der Waals surface area contributed by atoms with E-state index in [0.717, 1.165) is 48.2 Å². The first-order valence-corrected chi connectivity index (χ1v) is 9.13. The second-order valence-corrected chi connectivity index (χ2v) is 7.03. The number of rotatable bonds is 5. The van der Waals surface area contributed by atoms with Crippen molar-refractivity contribution in [3.05, 3.63) is 47.5 Å². The monoisotopic (exact) mass is 379 g/mol. The van der Waals surface area contributed by atoms with Crippen LogP contribution in [0, 0.1) is 19.8 Å². The molecule has 2 aromatic rings. The van der Waals surface area contributed by atoms with Crippen molar-refractivity contribution in [2.24, 2.45) is 5.92 Å². The SMILES string of the molecule is Cc1ccc(C)c(-c2ccc(OC(F)(F)F)c(OCC3CCNCC3)c2)c1. The summed E-state index contributed by atoms with van der Waals surface area (Å²) in [5.74, 6) is 0.157. The number of halogens is 3. The van der Waals surface area contributed by atoms with Crippen LogP contribution in [0.3, 0.4) is 0 Å². The van der Waals surface area contributed by atoms with E-state index >= 15 is 0 Å². The quantitative estimate of drug-likeness (QED) is 0.770. The summed E-state index contributed by atoms with van der Waals surface area (Å²) in [6, 6.07) is 10.6. The Morgan fingerprint density at radius 3 is 2.44 bits per heavy atom. The van der Waals surface area contributed by atoms with Crippen molar-refractivity contribution < 1.29 is 22.6 Å². The summed E-state index contributed by atoms with van der Waals surface area (Å²) in [6.07, 6.45) is -2.86. The van der Waals surface area contributed by atoms with Gasteiger partial charge in [0.25, 0.3) is 0 Å². The summed E-state index contributed by atoms with van der Waals surface area (Å²) < 4.78 is 48.3. The lowest BCUT2D eigenvalue weighted by atomic mass is 9.98. The highest BCUT2D eigenvalue weighted by Gasteiger charge is 2.32. The molecule has 146 valence electrons. The van der Waals surface area contributed by atoms with Gasteiger partial charge in [0, 0.05) is 0 Å². The number of alkyl halides is 3. The van der Waals surface area contributed by atoms with Crippen LogP contribution in [0.1, 0.15) is 24.0 Å². The number of hydrogen-bond donors (Lipinski definition) is 1. The average molecular weight is 379 g/mol. The fourth-order valence-electron chi connectivity index (χ4n) is 3.30. The third-order valence-corrected chi connectivity index (χ3v) is 4.81. The molecule has 0 spiro atoms. The molecule has 0 aliphatic carbocycles. The maximum absolute atomic E-state index is 12.8. The number of aryl methyl sites for hydroxylation is 2. The minimum atomic E-state index is -4.76. The molecular weight excluding hydrogens is 355 g/mol. The Balaban J connectivity index is 1.89. The Labute approximate surface area is 157 Å². The van der Waals surface area contributed by atoms with Gasteiger partial charge in [-0.25, -0.2) is 0 Å². The highest BCUT2D eigenvalue weighted by atomic mass is 19.4. The van der Waals surface area contributed by atoms with Gasteiger partial charge in [0.15, 0.2) is 11.5 Å². The van der Waals surface area contributed by atoms with E-state index in [4.69, 9.17) is 4.74 Å². The first kappa shape index (κ1) is 19.5. The van der Waals surface area contributed by atoms with Crippen molar-refractivity contribution in [1.82, 2.24) is 5.32 Å². The molecule has 1 heterocycles. The van der Waals surface area contributed by atoms with Gasteiger partial charge in [-0.1, -0.05) is 29.8 Å². The lowest BCUT2D eigenvalue weighted by Gasteiger charge is -2.23. The molecule has 1 fully saturated rings. The first-order chi connectivity index (χ1) is 12.8. The maximum atomic E-state index is 12.8. The fraction of sp³-hybridized carbons (Fsp3) is 0.429. The summed E-state index contributed by atoms with van der Waals surface area (Å²) >= 11 is 0. The molecule has 0 unspecified atom stereocenters. The van der Waals surface area contributed by atoms with Crippen molar-refractivity contribution in [1.29, 1.82) is 0 Å². The van der Waals surface area contributed by atoms with Crippen LogP contribution in [-0.2, 0) is 0 Å². The molecule has 6 heteroatoms. The van der Waals surface area contributed by atoms with Gasteiger partial charge in [-0.05, 0) is 74.5 Å². The minimum absolute atomic E-state index is 0.129. The van der Waals surface area contributed by atoms with Crippen LogP contribution in [0.4, 0.5) is 13.2 Å². The van der Waals surface area contributed by atoms with Gasteiger partial charge in [0.05, 0.1) is 6.61 Å². The molecule has 1 saturated heterocycles. The van der Waals surface area contributed by atoms with E-state index in [0.29, 0.717) is 12.5 Å². The number of nitrogens with one attached hydrogen (secondary N) is 1. The Morgan fingerprint density at radius 2 is 1.74 bits per heavy atom. The fourth-order valence-corrected chi connectivity index (χ4v) is 3.30. The van der Waals surface area contributed by atoms with Crippen molar-refractivity contribution >= 4 is 0 Å². The molecule has 3 rings (SSSR count). The number of benzene rings is 2. The van der Waals surface area contributed by atoms with E-state index in [-0.39, 0.29) is 11.5 Å². The smallest absolute Gasteiger partial charge is 0.489 e. The van der Waals surface area contributed by atoms with Crippen molar-refractivity contribution in [3.8, 4) is 22.6 Å². The normalized spacial score (nSPS) is 15.6. The number of ether oxygens (including phenoxy) is 2. The van der Waals surface area contributed by atoms with Crippen molar-refractivity contribution in [3.63, 3.8) is 0 Å². The molecule has 0 amide bonds. The lowest BCUT2D eigenvalue weighted by molar-refractivity contribution is -0.275. The van der Waals surface area contributed by atoms with Crippen LogP contribution in [0.2, 0.25) is 0 Å². The topological polar surface area (TPSA) is 30.5 Å². The van der Waals surface area contributed by atoms with Crippen molar-refractivity contribution in [2.45, 2.75) is 33.1 Å². The summed E-state index contributed by atoms with van der Waals surface area (Å²) in [7, 11) is 0. The lowest BCUT2D eigenvalue weighted by Crippen LogP contribution is -2.30. The van der Waals surface area contributed by atoms with E-state index in [1.165, 1.54) is 6.07 Å². The van der Waals surface area contributed by atoms with Gasteiger partial charge in [-0.15, -0.1) is 13.2 Å². The standard InChI is InChI=1S/C21H24F3NO2/c1-14-3-4-15(2)18(11-14)17-5-6-19(27-21(22,23)24)20(12-17)26-13-16-7-9-25-10-8-16/h3-6,11-12,16,25H,7-10,13H2,1-2H3. The zero-order valence-corrected chi connectivity index (χ0v) is 15.5. The van der Waals surface area contributed by atoms with Gasteiger partial charge in [0.2, 0.25) is 0 Å². The van der Waals surface area contributed by atoms with Crippen LogP contribution in [0.25, 0.3) is 11.1 Å². The molecule has 1 aliphatic rings. The zero-order valence-electron chi connectivity index (χ0n) is 15.5. The maximum Gasteiger partial charge on any atom is 0.573 e. The van der Waals surface area contributed by atoms with Gasteiger partial charge in [-0.2, -0.15) is 0 Å². The van der Waals surface area contributed by atoms with E-state index in [1.807, 2.05) is 32.0 Å². The molecule has 0 atom stereocenters. The van der Waals surface area contributed by atoms with Crippen LogP contribution < -0.4 is 14.8 Å². The highest BCUT2D eigenvalue weighted by Crippen LogP contribution is 2.37. The van der Waals surface area contributed by atoms with Crippen LogP contribution >= 0.6 is 0 Å². The largest absolute Gasteiger partial charge is 0.573 e. The predicted molar refractivity (Wildman–Crippen MR) is 99.1 cm³/mol. The van der Waals surface area contributed by atoms with Crippen LogP contribution in [-0.4, -0.2) is 26.1 Å². The van der Waals surface area contributed by atoms with Crippen LogP contribution in [0.15, 0.2) is 36.4 Å². The zero-order chi connectivity index (χ0) is 19.4. The van der Waals surface area contributed by atoms with Crippen LogP contribution in [0.5, 0.6) is 11.5 Å². The molecule has 3 nitrogen and oxygen atoms in total. The highest BCUT2D eigenvalue weighted by molar-refractivity contribution is 5.70. The Bertz CT molecular complexity index is 783. The summed E-state index contributed by atoms with van der Waals surface area (Å²) in [6.45, 7) is 6.15. The van der Waals surface area contributed by atoms with Gasteiger partial charge >= 0.3 is 6.36 Å². The molecule has 1 N–H and O–H groups in total. The first-order valence-electron chi connectivity index (χ1n) is 9.13. The second kappa shape index (κ2) is 8.21. The molecule has 0 bridgehead atoms. The molecule has 1 aliphatic heterocycles. The summed E-state index contributed by atoms with van der Waals surface area (Å²) in [5, 5.41) is 3.27. The Kier molecular flexibility index (Phi) is 5.95. The molecule has 2 aromatic carbocycles. The number of hydrogen-bond acceptors (Lipinski definition) is 3. The second-order valence-electron chi connectivity index (χ2n) is 7.03. The predicted octanol–water partition coefficient (Wildman–Crippen LogP) is 5.25. The van der Waals surface area contributed by atoms with Gasteiger partial charge < -0.3 is 14.8 Å². The summed E-state index contributed by atoms with van der Waals surface area (Å²) in [5.41, 5.74) is 3.92. The van der Waals surface area contributed by atoms with E-state index in [1.54, 1.807) is 12.1 Å². The average Bonchev–Trinajstić information content (AvgIpc) is 2.62. The molecular formula is C21H24F3NO2. The molecule has 0 saturated carbocycles. The van der Waals surface area contributed by atoms with E-state index in [2.05, 4.69) is 10.1 Å². The summed E-state index contributed by atoms with van der Waals surface area (Å²) in [4.78, 5) is 0. The molecule has 0 radical (unpaired) electrons. The van der Waals surface area contributed by atoms with Gasteiger partial charge in [-0.3, -0.25) is 0 Å².